The molecule has 140 valence electrons. The summed E-state index contributed by atoms with van der Waals surface area (Å²) in [5.74, 6) is -27.2. The summed E-state index contributed by atoms with van der Waals surface area (Å²) in [6.07, 6.45) is 0. The number of carbonyl (C=O) groups excluding carboxylic acids is 1. The molecule has 0 bridgehead atoms. The van der Waals surface area contributed by atoms with Crippen LogP contribution in [0.2, 0.25) is 0 Å². The molecule has 26 heavy (non-hydrogen) atoms. The molecule has 0 saturated carbocycles. The molecule has 0 aliphatic heterocycles. The van der Waals surface area contributed by atoms with E-state index in [2.05, 4.69) is 0 Å². The summed E-state index contributed by atoms with van der Waals surface area (Å²) < 4.78 is 131. The van der Waals surface area contributed by atoms with Crippen molar-refractivity contribution in [1.29, 1.82) is 0 Å². The Morgan fingerprint density at radius 3 is 1.19 bits per heavy atom. The molecule has 0 radical (unpaired) electrons. The van der Waals surface area contributed by atoms with Gasteiger partial charge in [0.15, 0.2) is 46.5 Å². The SMILES string of the molecule is O=C(NNc1c(F)c(F)c(F)c(F)c1F)c1c(F)c(F)c(F)c(F)c1F. The molecule has 1 amide bonds. The van der Waals surface area contributed by atoms with Crippen molar-refractivity contribution < 1.29 is 48.7 Å². The van der Waals surface area contributed by atoms with Gasteiger partial charge in [-0.1, -0.05) is 0 Å². The first kappa shape index (κ1) is 19.3. The van der Waals surface area contributed by atoms with Crippen LogP contribution < -0.4 is 10.9 Å². The first-order valence-corrected chi connectivity index (χ1v) is 6.09. The number of hydrogen-bond acceptors (Lipinski definition) is 2. The standard InChI is InChI=1S/C13H2F10N2O/c14-2-1(3(15)5(17)6(18)4(2)16)13(26)25-24-12-10(22)8(20)7(19)9(21)11(12)23/h24H,(H,25,26). The highest BCUT2D eigenvalue weighted by molar-refractivity contribution is 5.95. The third-order valence-corrected chi connectivity index (χ3v) is 2.95. The molecule has 13 heteroatoms. The molecule has 0 fully saturated rings. The molecule has 2 aromatic carbocycles. The van der Waals surface area contributed by atoms with Crippen LogP contribution in [-0.2, 0) is 0 Å². The molecule has 2 rings (SSSR count). The third kappa shape index (κ3) is 2.88. The van der Waals surface area contributed by atoms with E-state index in [4.69, 9.17) is 0 Å². The molecule has 3 nitrogen and oxygen atoms in total. The fourth-order valence-corrected chi connectivity index (χ4v) is 1.70. The van der Waals surface area contributed by atoms with E-state index in [1.807, 2.05) is 0 Å². The number of anilines is 1. The van der Waals surface area contributed by atoms with E-state index in [0.717, 1.165) is 10.9 Å². The number of nitrogens with one attached hydrogen (secondary N) is 2. The van der Waals surface area contributed by atoms with E-state index in [9.17, 15) is 48.7 Å². The van der Waals surface area contributed by atoms with Crippen molar-refractivity contribution in [2.45, 2.75) is 0 Å². The zero-order valence-corrected chi connectivity index (χ0v) is 11.7. The van der Waals surface area contributed by atoms with Gasteiger partial charge in [0.25, 0.3) is 5.91 Å². The third-order valence-electron chi connectivity index (χ3n) is 2.95. The van der Waals surface area contributed by atoms with Crippen LogP contribution >= 0.6 is 0 Å². The summed E-state index contributed by atoms with van der Waals surface area (Å²) in [4.78, 5) is 11.5. The second-order valence-electron chi connectivity index (χ2n) is 4.47. The molecule has 0 spiro atoms. The Hall–Kier alpha value is -2.99. The molecule has 0 heterocycles. The molecule has 0 aliphatic rings. The Kier molecular flexibility index (Phi) is 5.00. The van der Waals surface area contributed by atoms with Gasteiger partial charge in [-0.05, 0) is 0 Å². The fourth-order valence-electron chi connectivity index (χ4n) is 1.70. The smallest absolute Gasteiger partial charge is 0.275 e. The van der Waals surface area contributed by atoms with E-state index in [0.29, 0.717) is 0 Å². The van der Waals surface area contributed by atoms with Crippen LogP contribution in [0.1, 0.15) is 10.4 Å². The lowest BCUT2D eigenvalue weighted by Gasteiger charge is -2.13. The van der Waals surface area contributed by atoms with E-state index in [-0.39, 0.29) is 0 Å². The van der Waals surface area contributed by atoms with Crippen molar-refractivity contribution in [3.05, 3.63) is 63.7 Å². The van der Waals surface area contributed by atoms with Gasteiger partial charge in [0, 0.05) is 0 Å². The Morgan fingerprint density at radius 1 is 0.500 bits per heavy atom. The van der Waals surface area contributed by atoms with Crippen LogP contribution in [0.4, 0.5) is 49.6 Å². The minimum atomic E-state index is -2.58. The van der Waals surface area contributed by atoms with Crippen LogP contribution in [0.5, 0.6) is 0 Å². The highest BCUT2D eigenvalue weighted by Gasteiger charge is 2.31. The molecule has 0 atom stereocenters. The van der Waals surface area contributed by atoms with Gasteiger partial charge in [0.2, 0.25) is 11.6 Å². The zero-order valence-electron chi connectivity index (χ0n) is 11.7. The summed E-state index contributed by atoms with van der Waals surface area (Å²) in [6, 6.07) is 0. The van der Waals surface area contributed by atoms with Crippen molar-refractivity contribution in [3.63, 3.8) is 0 Å². The molecular weight excluding hydrogens is 390 g/mol. The predicted molar refractivity (Wildman–Crippen MR) is 63.6 cm³/mol. The number of amides is 1. The molecule has 2 N–H and O–H groups in total. The largest absolute Gasteiger partial charge is 0.293 e. The Bertz CT molecular complexity index is 872. The van der Waals surface area contributed by atoms with Gasteiger partial charge in [0.05, 0.1) is 0 Å². The molecule has 0 unspecified atom stereocenters. The first-order valence-electron chi connectivity index (χ1n) is 6.09. The maximum atomic E-state index is 13.4. The zero-order chi connectivity index (χ0) is 19.9. The second-order valence-corrected chi connectivity index (χ2v) is 4.47. The van der Waals surface area contributed by atoms with Crippen molar-refractivity contribution in [3.8, 4) is 0 Å². The fraction of sp³-hybridized carbons (Fsp3) is 0. The number of halogens is 10. The average molecular weight is 392 g/mol. The van der Waals surface area contributed by atoms with E-state index in [1.54, 1.807) is 0 Å². The number of hydrazine groups is 1. The second kappa shape index (κ2) is 6.72. The minimum absolute atomic E-state index is 1.07. The van der Waals surface area contributed by atoms with Gasteiger partial charge in [-0.25, -0.2) is 43.9 Å². The number of rotatable bonds is 3. The van der Waals surface area contributed by atoms with Gasteiger partial charge >= 0.3 is 0 Å². The quantitative estimate of drug-likeness (QED) is 0.361. The summed E-state index contributed by atoms with van der Waals surface area (Å²) in [6.45, 7) is 0. The van der Waals surface area contributed by atoms with Gasteiger partial charge < -0.3 is 0 Å². The number of carbonyl (C=O) groups is 1. The van der Waals surface area contributed by atoms with E-state index >= 15 is 0 Å². The van der Waals surface area contributed by atoms with Crippen LogP contribution in [0.15, 0.2) is 0 Å². The Labute approximate surface area is 136 Å². The van der Waals surface area contributed by atoms with Crippen molar-refractivity contribution in [1.82, 2.24) is 5.43 Å². The molecule has 0 aliphatic carbocycles. The van der Waals surface area contributed by atoms with Gasteiger partial charge in [-0.2, -0.15) is 0 Å². The molecule has 0 aromatic heterocycles. The van der Waals surface area contributed by atoms with E-state index < -0.39 is 75.3 Å². The summed E-state index contributed by atoms with van der Waals surface area (Å²) in [5, 5.41) is 0. The maximum Gasteiger partial charge on any atom is 0.275 e. The van der Waals surface area contributed by atoms with Crippen LogP contribution in [-0.4, -0.2) is 5.91 Å². The highest BCUT2D eigenvalue weighted by atomic mass is 19.2. The topological polar surface area (TPSA) is 41.1 Å². The average Bonchev–Trinajstić information content (AvgIpc) is 2.61. The van der Waals surface area contributed by atoms with Gasteiger partial charge in [-0.3, -0.25) is 15.6 Å². The van der Waals surface area contributed by atoms with Crippen molar-refractivity contribution in [2.75, 3.05) is 5.43 Å². The molecule has 2 aromatic rings. The number of hydrogen-bond donors (Lipinski definition) is 2. The summed E-state index contributed by atoms with van der Waals surface area (Å²) >= 11 is 0. The Morgan fingerprint density at radius 2 is 0.808 bits per heavy atom. The normalized spacial score (nSPS) is 10.8. The van der Waals surface area contributed by atoms with Gasteiger partial charge in [0.1, 0.15) is 11.3 Å². The lowest BCUT2D eigenvalue weighted by molar-refractivity contribution is 0.0950. The van der Waals surface area contributed by atoms with Crippen molar-refractivity contribution in [2.24, 2.45) is 0 Å². The van der Waals surface area contributed by atoms with E-state index in [1.165, 1.54) is 0 Å². The van der Waals surface area contributed by atoms with Crippen molar-refractivity contribution >= 4 is 11.6 Å². The van der Waals surface area contributed by atoms with Crippen LogP contribution in [0, 0.1) is 58.2 Å². The maximum absolute atomic E-state index is 13.4. The summed E-state index contributed by atoms with van der Waals surface area (Å²) in [7, 11) is 0. The predicted octanol–water partition coefficient (Wildman–Crippen LogP) is 3.83. The van der Waals surface area contributed by atoms with Gasteiger partial charge in [-0.15, -0.1) is 0 Å². The minimum Gasteiger partial charge on any atom is -0.293 e. The Balaban J connectivity index is 2.41. The van der Waals surface area contributed by atoms with Crippen LogP contribution in [0.3, 0.4) is 0 Å². The highest BCUT2D eigenvalue weighted by Crippen LogP contribution is 2.27. The lowest BCUT2D eigenvalue weighted by atomic mass is 10.1. The lowest BCUT2D eigenvalue weighted by Crippen LogP contribution is -2.33. The monoisotopic (exact) mass is 392 g/mol. The number of benzene rings is 2. The first-order chi connectivity index (χ1) is 12.0. The summed E-state index contributed by atoms with van der Waals surface area (Å²) in [5.41, 5.74) is -1.70. The molecule has 0 saturated heterocycles. The van der Waals surface area contributed by atoms with Crippen LogP contribution in [0.25, 0.3) is 0 Å². The molecular formula is C13H2F10N2O.